The molecule has 1 fully saturated rings. The summed E-state index contributed by atoms with van der Waals surface area (Å²) in [7, 11) is 0. The first kappa shape index (κ1) is 13.4. The molecule has 6 heteroatoms. The van der Waals surface area contributed by atoms with E-state index in [1.165, 1.54) is 17.1 Å². The lowest BCUT2D eigenvalue weighted by Crippen LogP contribution is -2.55. The van der Waals surface area contributed by atoms with Crippen molar-refractivity contribution in [3.63, 3.8) is 0 Å². The Balaban J connectivity index is 1.75. The summed E-state index contributed by atoms with van der Waals surface area (Å²) < 4.78 is 5.51. The summed E-state index contributed by atoms with van der Waals surface area (Å²) >= 11 is 0. The fourth-order valence-electron chi connectivity index (χ4n) is 2.28. The van der Waals surface area contributed by atoms with Crippen LogP contribution in [-0.4, -0.2) is 40.8 Å². The normalized spacial score (nSPS) is 19.2. The van der Waals surface area contributed by atoms with E-state index in [9.17, 15) is 9.59 Å². The number of piperazine rings is 1. The Kier molecular flexibility index (Phi) is 3.43. The monoisotopic (exact) mass is 285 g/mol. The summed E-state index contributed by atoms with van der Waals surface area (Å²) in [6, 6.07) is 6.94. The predicted octanol–water partition coefficient (Wildman–Crippen LogP) is 1.19. The zero-order valence-corrected chi connectivity index (χ0v) is 11.6. The lowest BCUT2D eigenvalue weighted by molar-refractivity contribution is -0.139. The molecule has 6 nitrogen and oxygen atoms in total. The Morgan fingerprint density at radius 2 is 2.29 bits per heavy atom. The van der Waals surface area contributed by atoms with Crippen molar-refractivity contribution >= 4 is 29.0 Å². The maximum Gasteiger partial charge on any atom is 0.247 e. The van der Waals surface area contributed by atoms with Gasteiger partial charge in [0, 0.05) is 25.2 Å². The van der Waals surface area contributed by atoms with E-state index in [4.69, 9.17) is 4.42 Å². The fourth-order valence-corrected chi connectivity index (χ4v) is 2.28. The van der Waals surface area contributed by atoms with Gasteiger partial charge in [-0.25, -0.2) is 4.98 Å². The molecule has 108 valence electrons. The van der Waals surface area contributed by atoms with E-state index in [-0.39, 0.29) is 11.8 Å². The number of carbonyl (C=O) groups excluding carboxylic acids is 2. The van der Waals surface area contributed by atoms with Crippen molar-refractivity contribution < 1.29 is 14.0 Å². The standard InChI is InChI=1S/C15H15N3O3/c1-10-15(20)16-8-9-18(10)14(19)7-6-13-17-11-4-2-3-5-12(11)21-13/h2-7,10H,8-9H2,1H3,(H,16,20). The second-order valence-corrected chi connectivity index (χ2v) is 4.85. The van der Waals surface area contributed by atoms with Gasteiger partial charge >= 0.3 is 0 Å². The Morgan fingerprint density at radius 3 is 3.10 bits per heavy atom. The molecule has 0 bridgehead atoms. The molecule has 2 amide bonds. The van der Waals surface area contributed by atoms with Crippen LogP contribution in [0.5, 0.6) is 0 Å². The molecular formula is C15H15N3O3. The summed E-state index contributed by atoms with van der Waals surface area (Å²) in [5, 5.41) is 2.72. The number of nitrogens with zero attached hydrogens (tertiary/aromatic N) is 2. The average Bonchev–Trinajstić information content (AvgIpc) is 2.90. The summed E-state index contributed by atoms with van der Waals surface area (Å²) in [5.74, 6) is 0.0168. The highest BCUT2D eigenvalue weighted by atomic mass is 16.3. The first-order valence-electron chi connectivity index (χ1n) is 6.77. The van der Waals surface area contributed by atoms with Crippen LogP contribution in [0.1, 0.15) is 12.8 Å². The van der Waals surface area contributed by atoms with Gasteiger partial charge in [-0.1, -0.05) is 12.1 Å². The van der Waals surface area contributed by atoms with Crippen LogP contribution in [0.25, 0.3) is 17.2 Å². The Hall–Kier alpha value is -2.63. The molecule has 0 radical (unpaired) electrons. The molecule has 1 aliphatic rings. The highest BCUT2D eigenvalue weighted by Gasteiger charge is 2.27. The number of amides is 2. The third kappa shape index (κ3) is 2.65. The highest BCUT2D eigenvalue weighted by molar-refractivity contribution is 5.96. The molecule has 1 unspecified atom stereocenters. The number of aromatic nitrogens is 1. The summed E-state index contributed by atoms with van der Waals surface area (Å²) in [5.41, 5.74) is 1.42. The highest BCUT2D eigenvalue weighted by Crippen LogP contribution is 2.15. The second-order valence-electron chi connectivity index (χ2n) is 4.85. The number of carbonyl (C=O) groups is 2. The van der Waals surface area contributed by atoms with Gasteiger partial charge in [-0.2, -0.15) is 0 Å². The summed E-state index contributed by atoms with van der Waals surface area (Å²) in [6.07, 6.45) is 2.92. The van der Waals surface area contributed by atoms with Gasteiger partial charge in [0.05, 0.1) is 0 Å². The molecule has 1 N–H and O–H groups in total. The molecule has 0 saturated carbocycles. The quantitative estimate of drug-likeness (QED) is 0.841. The number of oxazole rings is 1. The van der Waals surface area contributed by atoms with Crippen LogP contribution < -0.4 is 5.32 Å². The first-order valence-corrected chi connectivity index (χ1v) is 6.77. The average molecular weight is 285 g/mol. The minimum Gasteiger partial charge on any atom is -0.437 e. The molecule has 2 heterocycles. The Bertz CT molecular complexity index is 687. The first-order chi connectivity index (χ1) is 10.1. The van der Waals surface area contributed by atoms with E-state index >= 15 is 0 Å². The lowest BCUT2D eigenvalue weighted by atomic mass is 10.2. The molecule has 1 aromatic heterocycles. The summed E-state index contributed by atoms with van der Waals surface area (Å²) in [4.78, 5) is 29.5. The molecule has 0 aliphatic carbocycles. The van der Waals surface area contributed by atoms with Crippen molar-refractivity contribution in [1.29, 1.82) is 0 Å². The van der Waals surface area contributed by atoms with Crippen molar-refractivity contribution in [2.45, 2.75) is 13.0 Å². The number of para-hydroxylation sites is 2. The molecule has 21 heavy (non-hydrogen) atoms. The van der Waals surface area contributed by atoms with Crippen LogP contribution in [0.2, 0.25) is 0 Å². The molecule has 2 aromatic rings. The summed E-state index contributed by atoms with van der Waals surface area (Å²) in [6.45, 7) is 2.69. The number of nitrogens with one attached hydrogen (secondary N) is 1. The zero-order chi connectivity index (χ0) is 14.8. The van der Waals surface area contributed by atoms with Crippen LogP contribution in [0.15, 0.2) is 34.8 Å². The van der Waals surface area contributed by atoms with Gasteiger partial charge in [-0.05, 0) is 19.1 Å². The van der Waals surface area contributed by atoms with Gasteiger partial charge in [0.15, 0.2) is 5.58 Å². The van der Waals surface area contributed by atoms with Crippen molar-refractivity contribution in [3.05, 3.63) is 36.2 Å². The number of benzene rings is 1. The van der Waals surface area contributed by atoms with Gasteiger partial charge in [-0.15, -0.1) is 0 Å². The second kappa shape index (κ2) is 5.40. The molecule has 0 spiro atoms. The van der Waals surface area contributed by atoms with E-state index in [1.54, 1.807) is 6.92 Å². The van der Waals surface area contributed by atoms with E-state index < -0.39 is 6.04 Å². The van der Waals surface area contributed by atoms with Crippen LogP contribution in [0.3, 0.4) is 0 Å². The van der Waals surface area contributed by atoms with E-state index in [1.807, 2.05) is 24.3 Å². The van der Waals surface area contributed by atoms with Crippen LogP contribution >= 0.6 is 0 Å². The van der Waals surface area contributed by atoms with E-state index in [0.29, 0.717) is 24.6 Å². The van der Waals surface area contributed by atoms with Crippen molar-refractivity contribution in [2.24, 2.45) is 0 Å². The van der Waals surface area contributed by atoms with E-state index in [2.05, 4.69) is 10.3 Å². The molecule has 1 atom stereocenters. The lowest BCUT2D eigenvalue weighted by Gasteiger charge is -2.31. The molecule has 1 aliphatic heterocycles. The topological polar surface area (TPSA) is 75.4 Å². The number of hydrogen-bond donors (Lipinski definition) is 1. The smallest absolute Gasteiger partial charge is 0.247 e. The number of rotatable bonds is 2. The van der Waals surface area contributed by atoms with E-state index in [0.717, 1.165) is 5.52 Å². The molecule has 1 saturated heterocycles. The van der Waals surface area contributed by atoms with Gasteiger partial charge in [0.1, 0.15) is 11.6 Å². The van der Waals surface area contributed by atoms with Gasteiger partial charge in [-0.3, -0.25) is 9.59 Å². The molecule has 1 aromatic carbocycles. The number of hydrogen-bond acceptors (Lipinski definition) is 4. The van der Waals surface area contributed by atoms with Gasteiger partial charge < -0.3 is 14.6 Å². The predicted molar refractivity (Wildman–Crippen MR) is 77.2 cm³/mol. The van der Waals surface area contributed by atoms with Gasteiger partial charge in [0.25, 0.3) is 0 Å². The third-order valence-electron chi connectivity index (χ3n) is 3.46. The van der Waals surface area contributed by atoms with Crippen molar-refractivity contribution in [2.75, 3.05) is 13.1 Å². The number of fused-ring (bicyclic) bond motifs is 1. The Morgan fingerprint density at radius 1 is 1.48 bits per heavy atom. The fraction of sp³-hybridized carbons (Fsp3) is 0.267. The minimum absolute atomic E-state index is 0.134. The van der Waals surface area contributed by atoms with Crippen LogP contribution in [-0.2, 0) is 9.59 Å². The SMILES string of the molecule is CC1C(=O)NCCN1C(=O)C=Cc1nc2ccccc2o1. The maximum atomic E-state index is 12.1. The van der Waals surface area contributed by atoms with Crippen LogP contribution in [0.4, 0.5) is 0 Å². The Labute approximate surface area is 121 Å². The van der Waals surface area contributed by atoms with Crippen molar-refractivity contribution in [3.8, 4) is 0 Å². The van der Waals surface area contributed by atoms with Crippen molar-refractivity contribution in [1.82, 2.24) is 15.2 Å². The zero-order valence-electron chi connectivity index (χ0n) is 11.6. The van der Waals surface area contributed by atoms with Gasteiger partial charge in [0.2, 0.25) is 17.7 Å². The molecule has 3 rings (SSSR count). The van der Waals surface area contributed by atoms with Crippen LogP contribution in [0, 0.1) is 0 Å². The molecular weight excluding hydrogens is 270 g/mol. The largest absolute Gasteiger partial charge is 0.437 e. The maximum absolute atomic E-state index is 12.1. The minimum atomic E-state index is -0.459. The third-order valence-corrected chi connectivity index (χ3v) is 3.46.